The number of likely N-dealkylation sites (tertiary alicyclic amines) is 1. The first-order valence-corrected chi connectivity index (χ1v) is 5.46. The minimum Gasteiger partial charge on any atom is -0.397 e. The Balaban J connectivity index is 2.24. The number of hydrogen-bond donors (Lipinski definition) is 2. The fraction of sp³-hybridized carbons (Fsp3) is 0.300. The summed E-state index contributed by atoms with van der Waals surface area (Å²) in [6.07, 6.45) is -0.427. The Morgan fingerprint density at radius 2 is 2.06 bits per heavy atom. The highest BCUT2D eigenvalue weighted by Crippen LogP contribution is 2.30. The third kappa shape index (κ3) is 1.96. The van der Waals surface area contributed by atoms with Gasteiger partial charge in [0.1, 0.15) is 0 Å². The molecule has 1 saturated heterocycles. The molecule has 1 amide bonds. The number of amides is 1. The van der Waals surface area contributed by atoms with Gasteiger partial charge in [0.05, 0.1) is 21.8 Å². The average molecular weight is 261 g/mol. The molecule has 1 aliphatic rings. The summed E-state index contributed by atoms with van der Waals surface area (Å²) in [7, 11) is 0. The van der Waals surface area contributed by atoms with E-state index >= 15 is 0 Å². The number of aliphatic hydroxyl groups is 1. The fourth-order valence-corrected chi connectivity index (χ4v) is 1.87. The van der Waals surface area contributed by atoms with Gasteiger partial charge in [-0.05, 0) is 12.1 Å². The summed E-state index contributed by atoms with van der Waals surface area (Å²) >= 11 is 11.6. The van der Waals surface area contributed by atoms with Gasteiger partial charge in [-0.3, -0.25) is 4.79 Å². The van der Waals surface area contributed by atoms with Crippen molar-refractivity contribution in [1.29, 1.82) is 0 Å². The zero-order valence-corrected chi connectivity index (χ0v) is 9.79. The molecule has 0 radical (unpaired) electrons. The smallest absolute Gasteiger partial charge is 0.254 e. The molecular weight excluding hydrogens is 251 g/mol. The van der Waals surface area contributed by atoms with Crippen LogP contribution < -0.4 is 5.73 Å². The molecular formula is C10H10Cl2N2O2. The van der Waals surface area contributed by atoms with Crippen molar-refractivity contribution in [3.63, 3.8) is 0 Å². The molecule has 0 aliphatic carbocycles. The maximum Gasteiger partial charge on any atom is 0.254 e. The lowest BCUT2D eigenvalue weighted by atomic mass is 10.1. The zero-order chi connectivity index (χ0) is 11.9. The van der Waals surface area contributed by atoms with E-state index in [9.17, 15) is 4.79 Å². The second kappa shape index (κ2) is 4.13. The number of rotatable bonds is 1. The number of anilines is 1. The molecule has 2 rings (SSSR count). The normalized spacial score (nSPS) is 16.1. The monoisotopic (exact) mass is 260 g/mol. The number of nitrogen functional groups attached to an aromatic ring is 1. The fourth-order valence-electron chi connectivity index (χ4n) is 1.54. The van der Waals surface area contributed by atoms with Crippen LogP contribution in [0.25, 0.3) is 0 Å². The quantitative estimate of drug-likeness (QED) is 0.751. The Morgan fingerprint density at radius 1 is 1.44 bits per heavy atom. The van der Waals surface area contributed by atoms with Crippen molar-refractivity contribution < 1.29 is 9.90 Å². The summed E-state index contributed by atoms with van der Waals surface area (Å²) in [6.45, 7) is 0.692. The Morgan fingerprint density at radius 3 is 2.56 bits per heavy atom. The summed E-state index contributed by atoms with van der Waals surface area (Å²) in [5, 5.41) is 9.61. The lowest BCUT2D eigenvalue weighted by molar-refractivity contribution is 0.00590. The van der Waals surface area contributed by atoms with E-state index in [-0.39, 0.29) is 21.6 Å². The van der Waals surface area contributed by atoms with Gasteiger partial charge in [0.2, 0.25) is 0 Å². The van der Waals surface area contributed by atoms with Gasteiger partial charge in [0, 0.05) is 18.7 Å². The Hall–Kier alpha value is -0.970. The van der Waals surface area contributed by atoms with Crippen LogP contribution in [-0.4, -0.2) is 35.1 Å². The summed E-state index contributed by atoms with van der Waals surface area (Å²) in [6, 6.07) is 2.97. The maximum atomic E-state index is 11.8. The van der Waals surface area contributed by atoms with Crippen LogP contribution in [-0.2, 0) is 0 Å². The molecule has 16 heavy (non-hydrogen) atoms. The van der Waals surface area contributed by atoms with Gasteiger partial charge >= 0.3 is 0 Å². The summed E-state index contributed by atoms with van der Waals surface area (Å²) in [4.78, 5) is 13.4. The van der Waals surface area contributed by atoms with Gasteiger partial charge in [-0.1, -0.05) is 23.2 Å². The first-order valence-electron chi connectivity index (χ1n) is 4.71. The van der Waals surface area contributed by atoms with Crippen molar-refractivity contribution in [3.8, 4) is 0 Å². The van der Waals surface area contributed by atoms with Gasteiger partial charge in [-0.25, -0.2) is 0 Å². The summed E-state index contributed by atoms with van der Waals surface area (Å²) in [5.41, 5.74) is 6.27. The van der Waals surface area contributed by atoms with Crippen molar-refractivity contribution in [1.82, 2.24) is 4.90 Å². The van der Waals surface area contributed by atoms with Crippen molar-refractivity contribution in [2.24, 2.45) is 0 Å². The highest BCUT2D eigenvalue weighted by molar-refractivity contribution is 6.43. The SMILES string of the molecule is Nc1cc(C(=O)N2CC(O)C2)cc(Cl)c1Cl. The van der Waals surface area contributed by atoms with Gasteiger partial charge in [0.25, 0.3) is 5.91 Å². The molecule has 0 bridgehead atoms. The number of hydrogen-bond acceptors (Lipinski definition) is 3. The van der Waals surface area contributed by atoms with Crippen LogP contribution in [0, 0.1) is 0 Å². The summed E-state index contributed by atoms with van der Waals surface area (Å²) < 4.78 is 0. The molecule has 0 aromatic heterocycles. The molecule has 1 aromatic rings. The number of carbonyl (C=O) groups excluding carboxylic acids is 1. The van der Waals surface area contributed by atoms with Crippen LogP contribution in [0.4, 0.5) is 5.69 Å². The third-order valence-electron chi connectivity index (χ3n) is 2.45. The maximum absolute atomic E-state index is 11.8. The average Bonchev–Trinajstić information content (AvgIpc) is 2.19. The van der Waals surface area contributed by atoms with Crippen molar-refractivity contribution >= 4 is 34.8 Å². The number of nitrogens with zero attached hydrogens (tertiary/aromatic N) is 1. The molecule has 0 atom stereocenters. The minimum absolute atomic E-state index is 0.199. The lowest BCUT2D eigenvalue weighted by Crippen LogP contribution is -2.53. The number of carbonyl (C=O) groups is 1. The van der Waals surface area contributed by atoms with E-state index in [4.69, 9.17) is 34.0 Å². The number of halogens is 2. The van der Waals surface area contributed by atoms with Crippen LogP contribution in [0.1, 0.15) is 10.4 Å². The van der Waals surface area contributed by atoms with E-state index in [1.807, 2.05) is 0 Å². The van der Waals surface area contributed by atoms with E-state index < -0.39 is 6.10 Å². The highest BCUT2D eigenvalue weighted by Gasteiger charge is 2.29. The molecule has 1 aliphatic heterocycles. The van der Waals surface area contributed by atoms with Crippen molar-refractivity contribution in [3.05, 3.63) is 27.7 Å². The Kier molecular flexibility index (Phi) is 2.97. The van der Waals surface area contributed by atoms with Gasteiger partial charge in [-0.15, -0.1) is 0 Å². The van der Waals surface area contributed by atoms with Crippen LogP contribution in [0.3, 0.4) is 0 Å². The Bertz CT molecular complexity index is 421. The standard InChI is InChI=1S/C10H10Cl2N2O2/c11-7-1-5(2-8(13)9(7)12)10(16)14-3-6(15)4-14/h1-2,6,15H,3-4,13H2. The predicted octanol–water partition coefficient (Wildman–Crippen LogP) is 1.39. The van der Waals surface area contributed by atoms with Gasteiger partial charge in [0.15, 0.2) is 0 Å². The highest BCUT2D eigenvalue weighted by atomic mass is 35.5. The first kappa shape index (κ1) is 11.5. The van der Waals surface area contributed by atoms with Crippen LogP contribution in [0.5, 0.6) is 0 Å². The van der Waals surface area contributed by atoms with E-state index in [0.717, 1.165) is 0 Å². The summed E-state index contributed by atoms with van der Waals surface area (Å²) in [5.74, 6) is -0.199. The third-order valence-corrected chi connectivity index (χ3v) is 3.27. The van der Waals surface area contributed by atoms with Crippen molar-refractivity contribution in [2.75, 3.05) is 18.8 Å². The molecule has 1 heterocycles. The molecule has 0 saturated carbocycles. The van der Waals surface area contributed by atoms with Crippen LogP contribution in [0.15, 0.2) is 12.1 Å². The van der Waals surface area contributed by atoms with Crippen molar-refractivity contribution in [2.45, 2.75) is 6.10 Å². The Labute approximate surface area is 103 Å². The van der Waals surface area contributed by atoms with E-state index in [1.54, 1.807) is 0 Å². The topological polar surface area (TPSA) is 66.6 Å². The molecule has 3 N–H and O–H groups in total. The minimum atomic E-state index is -0.427. The number of benzene rings is 1. The number of aliphatic hydroxyl groups excluding tert-OH is 1. The molecule has 0 unspecified atom stereocenters. The predicted molar refractivity (Wildman–Crippen MR) is 62.8 cm³/mol. The largest absolute Gasteiger partial charge is 0.397 e. The molecule has 1 aromatic carbocycles. The molecule has 86 valence electrons. The molecule has 0 spiro atoms. The van der Waals surface area contributed by atoms with Crippen LogP contribution >= 0.6 is 23.2 Å². The number of nitrogens with two attached hydrogens (primary N) is 1. The van der Waals surface area contributed by atoms with Gasteiger partial charge in [-0.2, -0.15) is 0 Å². The van der Waals surface area contributed by atoms with E-state index in [2.05, 4.69) is 0 Å². The van der Waals surface area contributed by atoms with E-state index in [1.165, 1.54) is 17.0 Å². The second-order valence-corrected chi connectivity index (χ2v) is 4.51. The van der Waals surface area contributed by atoms with Crippen LogP contribution in [0.2, 0.25) is 10.0 Å². The zero-order valence-electron chi connectivity index (χ0n) is 8.28. The second-order valence-electron chi connectivity index (χ2n) is 3.73. The molecule has 6 heteroatoms. The lowest BCUT2D eigenvalue weighted by Gasteiger charge is -2.35. The van der Waals surface area contributed by atoms with Gasteiger partial charge < -0.3 is 15.7 Å². The van der Waals surface area contributed by atoms with E-state index in [0.29, 0.717) is 18.7 Å². The molecule has 4 nitrogen and oxygen atoms in total. The first-order chi connectivity index (χ1) is 7.49. The molecule has 1 fully saturated rings. The number of β-amino-alcohol motifs (C(OH)–C–C–N with tert-alkyl or cyclic N) is 1.